The van der Waals surface area contributed by atoms with Gasteiger partial charge in [0, 0.05) is 18.8 Å². The summed E-state index contributed by atoms with van der Waals surface area (Å²) in [6, 6.07) is 0. The van der Waals surface area contributed by atoms with E-state index >= 15 is 0 Å². The number of ketones is 1. The summed E-state index contributed by atoms with van der Waals surface area (Å²) in [6.45, 7) is 3.43. The van der Waals surface area contributed by atoms with E-state index in [1.807, 2.05) is 6.92 Å². The fourth-order valence-electron chi connectivity index (χ4n) is 0.830. The van der Waals surface area contributed by atoms with E-state index in [1.165, 1.54) is 18.3 Å². The third-order valence-electron chi connectivity index (χ3n) is 1.34. The van der Waals surface area contributed by atoms with E-state index in [1.54, 1.807) is 7.05 Å². The van der Waals surface area contributed by atoms with Crippen LogP contribution >= 0.6 is 11.3 Å². The van der Waals surface area contributed by atoms with Gasteiger partial charge in [0.1, 0.15) is 5.69 Å². The number of carbonyl (C=O) groups is 1. The summed E-state index contributed by atoms with van der Waals surface area (Å²) in [5.74, 6) is 0.0280. The molecule has 0 aliphatic rings. The molecule has 60 valence electrons. The highest BCUT2D eigenvalue weighted by molar-refractivity contribution is 7.15. The lowest BCUT2D eigenvalue weighted by molar-refractivity contribution is 0.101. The second kappa shape index (κ2) is 3.00. The van der Waals surface area contributed by atoms with Crippen LogP contribution in [0.4, 0.5) is 5.13 Å². The number of Topliss-reactive ketones (excluding diaryl/α,β-unsaturated/α-hetero) is 1. The van der Waals surface area contributed by atoms with Crippen LogP contribution in [-0.2, 0) is 0 Å². The zero-order valence-electron chi connectivity index (χ0n) is 6.76. The van der Waals surface area contributed by atoms with Crippen molar-refractivity contribution in [3.05, 3.63) is 10.6 Å². The normalized spacial score (nSPS) is 9.73. The standard InChI is InChI=1S/C7H10N2OS/c1-4(10)6-5(2)11-7(8-3)9-6/h1-3H3,(H,8,9). The lowest BCUT2D eigenvalue weighted by Crippen LogP contribution is -1.95. The molecule has 0 saturated heterocycles. The maximum absolute atomic E-state index is 10.9. The fourth-order valence-corrected chi connectivity index (χ4v) is 1.65. The number of aryl methyl sites for hydroxylation is 1. The molecule has 1 aromatic heterocycles. The van der Waals surface area contributed by atoms with Crippen LogP contribution < -0.4 is 5.32 Å². The van der Waals surface area contributed by atoms with Crippen LogP contribution in [0.1, 0.15) is 22.3 Å². The minimum absolute atomic E-state index is 0.0280. The molecular weight excluding hydrogens is 160 g/mol. The topological polar surface area (TPSA) is 42.0 Å². The third-order valence-corrected chi connectivity index (χ3v) is 2.33. The number of carbonyl (C=O) groups excluding carboxylic acids is 1. The Morgan fingerprint density at radius 1 is 1.64 bits per heavy atom. The summed E-state index contributed by atoms with van der Waals surface area (Å²) in [6.07, 6.45) is 0. The summed E-state index contributed by atoms with van der Waals surface area (Å²) in [7, 11) is 1.79. The van der Waals surface area contributed by atoms with Crippen molar-refractivity contribution >= 4 is 22.3 Å². The SMILES string of the molecule is CNc1nc(C(C)=O)c(C)s1. The summed E-state index contributed by atoms with van der Waals surface area (Å²) in [5, 5.41) is 3.70. The van der Waals surface area contributed by atoms with Crippen molar-refractivity contribution in [3.63, 3.8) is 0 Å². The molecule has 1 heterocycles. The van der Waals surface area contributed by atoms with Gasteiger partial charge in [0.2, 0.25) is 0 Å². The summed E-state index contributed by atoms with van der Waals surface area (Å²) in [5.41, 5.74) is 0.583. The quantitative estimate of drug-likeness (QED) is 0.687. The Kier molecular flexibility index (Phi) is 2.24. The van der Waals surface area contributed by atoms with Gasteiger partial charge < -0.3 is 5.32 Å². The number of aromatic nitrogens is 1. The highest BCUT2D eigenvalue weighted by atomic mass is 32.1. The van der Waals surface area contributed by atoms with E-state index in [0.717, 1.165) is 10.0 Å². The average Bonchev–Trinajstić information content (AvgIpc) is 2.30. The molecule has 0 aliphatic heterocycles. The second-order valence-corrected chi connectivity index (χ2v) is 3.43. The molecule has 0 aliphatic carbocycles. The molecule has 3 nitrogen and oxygen atoms in total. The number of hydrogen-bond acceptors (Lipinski definition) is 4. The van der Waals surface area contributed by atoms with Gasteiger partial charge >= 0.3 is 0 Å². The maximum Gasteiger partial charge on any atom is 0.183 e. The van der Waals surface area contributed by atoms with Crippen LogP contribution in [0.5, 0.6) is 0 Å². The van der Waals surface area contributed by atoms with Crippen molar-refractivity contribution in [3.8, 4) is 0 Å². The van der Waals surface area contributed by atoms with Crippen LogP contribution in [0, 0.1) is 6.92 Å². The largest absolute Gasteiger partial charge is 0.365 e. The van der Waals surface area contributed by atoms with Crippen LogP contribution in [0.25, 0.3) is 0 Å². The molecule has 0 unspecified atom stereocenters. The molecule has 0 amide bonds. The Hall–Kier alpha value is -0.900. The zero-order valence-corrected chi connectivity index (χ0v) is 7.58. The van der Waals surface area contributed by atoms with Crippen molar-refractivity contribution in [2.75, 3.05) is 12.4 Å². The molecule has 0 aromatic carbocycles. The highest BCUT2D eigenvalue weighted by Crippen LogP contribution is 2.21. The fraction of sp³-hybridized carbons (Fsp3) is 0.429. The Bertz CT molecular complexity index is 280. The predicted octanol–water partition coefficient (Wildman–Crippen LogP) is 1.70. The number of nitrogens with one attached hydrogen (secondary N) is 1. The summed E-state index contributed by atoms with van der Waals surface area (Å²) in [4.78, 5) is 16.0. The molecule has 0 radical (unpaired) electrons. The average molecular weight is 170 g/mol. The van der Waals surface area contributed by atoms with E-state index in [4.69, 9.17) is 0 Å². The molecular formula is C7H10N2OS. The zero-order chi connectivity index (χ0) is 8.43. The van der Waals surface area contributed by atoms with Gasteiger partial charge in [0.05, 0.1) is 0 Å². The molecule has 4 heteroatoms. The maximum atomic E-state index is 10.9. The van der Waals surface area contributed by atoms with Crippen LogP contribution in [0.15, 0.2) is 0 Å². The van der Waals surface area contributed by atoms with Gasteiger partial charge in [-0.05, 0) is 6.92 Å². The first kappa shape index (κ1) is 8.20. The Labute approximate surface area is 69.5 Å². The Balaban J connectivity index is 3.07. The monoisotopic (exact) mass is 170 g/mol. The second-order valence-electron chi connectivity index (χ2n) is 2.23. The summed E-state index contributed by atoms with van der Waals surface area (Å²) >= 11 is 1.50. The van der Waals surface area contributed by atoms with E-state index in [9.17, 15) is 4.79 Å². The van der Waals surface area contributed by atoms with Gasteiger partial charge in [-0.15, -0.1) is 11.3 Å². The van der Waals surface area contributed by atoms with E-state index in [-0.39, 0.29) is 5.78 Å². The predicted molar refractivity (Wildman–Crippen MR) is 46.4 cm³/mol. The van der Waals surface area contributed by atoms with Crippen molar-refractivity contribution in [1.82, 2.24) is 4.98 Å². The molecule has 0 spiro atoms. The lowest BCUT2D eigenvalue weighted by atomic mass is 10.3. The minimum Gasteiger partial charge on any atom is -0.365 e. The lowest BCUT2D eigenvalue weighted by Gasteiger charge is -1.87. The molecule has 0 bridgehead atoms. The molecule has 0 atom stereocenters. The molecule has 0 fully saturated rings. The highest BCUT2D eigenvalue weighted by Gasteiger charge is 2.09. The number of anilines is 1. The van der Waals surface area contributed by atoms with Gasteiger partial charge in [-0.3, -0.25) is 4.79 Å². The Morgan fingerprint density at radius 2 is 2.27 bits per heavy atom. The van der Waals surface area contributed by atoms with Crippen molar-refractivity contribution in [1.29, 1.82) is 0 Å². The number of nitrogens with zero attached hydrogens (tertiary/aromatic N) is 1. The molecule has 11 heavy (non-hydrogen) atoms. The van der Waals surface area contributed by atoms with Crippen LogP contribution in [-0.4, -0.2) is 17.8 Å². The van der Waals surface area contributed by atoms with Crippen LogP contribution in [0.3, 0.4) is 0 Å². The van der Waals surface area contributed by atoms with Gasteiger partial charge in [0.15, 0.2) is 10.9 Å². The van der Waals surface area contributed by atoms with Crippen LogP contribution in [0.2, 0.25) is 0 Å². The van der Waals surface area contributed by atoms with E-state index < -0.39 is 0 Å². The van der Waals surface area contributed by atoms with Crippen molar-refractivity contribution in [2.45, 2.75) is 13.8 Å². The first-order valence-corrected chi connectivity index (χ1v) is 4.13. The Morgan fingerprint density at radius 3 is 2.55 bits per heavy atom. The third kappa shape index (κ3) is 1.57. The van der Waals surface area contributed by atoms with E-state index in [0.29, 0.717) is 5.69 Å². The van der Waals surface area contributed by atoms with Gasteiger partial charge in [0.25, 0.3) is 0 Å². The minimum atomic E-state index is 0.0280. The van der Waals surface area contributed by atoms with Gasteiger partial charge in [-0.1, -0.05) is 0 Å². The van der Waals surface area contributed by atoms with Crippen molar-refractivity contribution < 1.29 is 4.79 Å². The molecule has 0 saturated carbocycles. The molecule has 1 aromatic rings. The number of rotatable bonds is 2. The first-order valence-electron chi connectivity index (χ1n) is 3.31. The first-order chi connectivity index (χ1) is 5.15. The van der Waals surface area contributed by atoms with Gasteiger partial charge in [-0.25, -0.2) is 4.98 Å². The number of hydrogen-bond donors (Lipinski definition) is 1. The summed E-state index contributed by atoms with van der Waals surface area (Å²) < 4.78 is 0. The van der Waals surface area contributed by atoms with Gasteiger partial charge in [-0.2, -0.15) is 0 Å². The molecule has 1 N–H and O–H groups in total. The van der Waals surface area contributed by atoms with Crippen molar-refractivity contribution in [2.24, 2.45) is 0 Å². The van der Waals surface area contributed by atoms with E-state index in [2.05, 4.69) is 10.3 Å². The smallest absolute Gasteiger partial charge is 0.183 e. The number of thiazole rings is 1. The molecule has 1 rings (SSSR count).